The molecular weight excluding hydrogens is 486 g/mol. The summed E-state index contributed by atoms with van der Waals surface area (Å²) in [4.78, 5) is 14.6. The molecule has 0 radical (unpaired) electrons. The summed E-state index contributed by atoms with van der Waals surface area (Å²) in [5.74, 6) is 0.427. The molecule has 7 nitrogen and oxygen atoms in total. The van der Waals surface area contributed by atoms with Gasteiger partial charge >= 0.3 is 0 Å². The fourth-order valence-corrected chi connectivity index (χ4v) is 5.50. The maximum absolute atomic E-state index is 13.1. The zero-order valence-corrected chi connectivity index (χ0v) is 20.8. The number of piperazine rings is 1. The van der Waals surface area contributed by atoms with E-state index in [2.05, 4.69) is 10.2 Å². The summed E-state index contributed by atoms with van der Waals surface area (Å²) < 4.78 is 33.2. The molecule has 0 spiro atoms. The van der Waals surface area contributed by atoms with Gasteiger partial charge in [-0.3, -0.25) is 4.79 Å². The monoisotopic (exact) mass is 511 g/mol. The highest BCUT2D eigenvalue weighted by Crippen LogP contribution is 2.29. The van der Waals surface area contributed by atoms with Gasteiger partial charge in [-0.25, -0.2) is 8.42 Å². The summed E-state index contributed by atoms with van der Waals surface area (Å²) in [5.41, 5.74) is 2.19. The number of amides is 1. The van der Waals surface area contributed by atoms with Crippen molar-refractivity contribution in [1.82, 2.24) is 4.31 Å². The number of para-hydroxylation sites is 2. The van der Waals surface area contributed by atoms with E-state index in [4.69, 9.17) is 16.3 Å². The number of methoxy groups -OCH3 is 1. The fourth-order valence-electron chi connectivity index (χ4n) is 3.88. The fraction of sp³-hybridized carbons (Fsp3) is 0.192. The van der Waals surface area contributed by atoms with Crippen LogP contribution in [0.1, 0.15) is 5.56 Å². The number of rotatable bonds is 7. The minimum Gasteiger partial charge on any atom is -0.495 e. The number of benzene rings is 3. The van der Waals surface area contributed by atoms with Crippen LogP contribution >= 0.6 is 11.6 Å². The van der Waals surface area contributed by atoms with Crippen molar-refractivity contribution in [3.8, 4) is 5.75 Å². The molecule has 1 fully saturated rings. The van der Waals surface area contributed by atoms with Gasteiger partial charge < -0.3 is 15.0 Å². The normalized spacial score (nSPS) is 14.7. The quantitative estimate of drug-likeness (QED) is 0.472. The summed E-state index contributed by atoms with van der Waals surface area (Å²) in [6.07, 6.45) is 3.01. The number of anilines is 2. The molecule has 9 heteroatoms. The van der Waals surface area contributed by atoms with E-state index < -0.39 is 10.0 Å². The maximum atomic E-state index is 13.1. The van der Waals surface area contributed by atoms with E-state index in [0.29, 0.717) is 36.9 Å². The molecule has 3 aromatic carbocycles. The average molecular weight is 512 g/mol. The van der Waals surface area contributed by atoms with E-state index in [1.54, 1.807) is 31.4 Å². The first kappa shape index (κ1) is 24.8. The standard InChI is InChI=1S/C26H26ClN3O4S/c1-34-25-9-5-4-8-24(25)29-16-18-30(19-17-29)35(32,33)22-13-11-21(12-14-22)28-26(31)15-10-20-6-2-3-7-23(20)27/h2-15H,16-19H2,1H3,(H,28,31)/b15-10+. The van der Waals surface area contributed by atoms with Gasteiger partial charge in [0.15, 0.2) is 0 Å². The van der Waals surface area contributed by atoms with E-state index in [1.165, 1.54) is 22.5 Å². The van der Waals surface area contributed by atoms with Crippen molar-refractivity contribution in [1.29, 1.82) is 0 Å². The van der Waals surface area contributed by atoms with Crippen LogP contribution in [0.25, 0.3) is 6.08 Å². The molecule has 4 rings (SSSR count). The summed E-state index contributed by atoms with van der Waals surface area (Å²) >= 11 is 6.09. The van der Waals surface area contributed by atoms with Gasteiger partial charge in [0.05, 0.1) is 17.7 Å². The smallest absolute Gasteiger partial charge is 0.248 e. The molecule has 35 heavy (non-hydrogen) atoms. The second kappa shape index (κ2) is 10.9. The Morgan fingerprint density at radius 3 is 2.29 bits per heavy atom. The summed E-state index contributed by atoms with van der Waals surface area (Å²) in [7, 11) is -2.02. The van der Waals surface area contributed by atoms with Crippen molar-refractivity contribution in [2.75, 3.05) is 43.5 Å². The van der Waals surface area contributed by atoms with Crippen molar-refractivity contribution < 1.29 is 17.9 Å². The Balaban J connectivity index is 1.37. The lowest BCUT2D eigenvalue weighted by Gasteiger charge is -2.35. The first-order valence-electron chi connectivity index (χ1n) is 11.1. The van der Waals surface area contributed by atoms with Crippen molar-refractivity contribution in [2.45, 2.75) is 4.90 Å². The molecule has 1 saturated heterocycles. The zero-order valence-electron chi connectivity index (χ0n) is 19.2. The Morgan fingerprint density at radius 2 is 1.60 bits per heavy atom. The van der Waals surface area contributed by atoms with Gasteiger partial charge in [0, 0.05) is 43.0 Å². The molecule has 0 unspecified atom stereocenters. The summed E-state index contributed by atoms with van der Waals surface area (Å²) in [6.45, 7) is 1.86. The molecule has 1 N–H and O–H groups in total. The molecule has 0 aromatic heterocycles. The third-order valence-corrected chi connectivity index (χ3v) is 8.00. The van der Waals surface area contributed by atoms with Crippen LogP contribution in [0.3, 0.4) is 0 Å². The van der Waals surface area contributed by atoms with Crippen LogP contribution in [0.2, 0.25) is 5.02 Å². The Bertz CT molecular complexity index is 1320. The largest absolute Gasteiger partial charge is 0.495 e. The van der Waals surface area contributed by atoms with Crippen molar-refractivity contribution >= 4 is 45.0 Å². The van der Waals surface area contributed by atoms with Gasteiger partial charge in [0.2, 0.25) is 15.9 Å². The van der Waals surface area contributed by atoms with Crippen molar-refractivity contribution in [3.63, 3.8) is 0 Å². The molecule has 0 aliphatic carbocycles. The highest BCUT2D eigenvalue weighted by Gasteiger charge is 2.29. The third kappa shape index (κ3) is 5.85. The number of carbonyl (C=O) groups is 1. The number of hydrogen-bond donors (Lipinski definition) is 1. The van der Waals surface area contributed by atoms with E-state index in [-0.39, 0.29) is 10.8 Å². The molecule has 3 aromatic rings. The number of hydrogen-bond acceptors (Lipinski definition) is 5. The minimum atomic E-state index is -3.65. The second-order valence-electron chi connectivity index (χ2n) is 7.93. The summed E-state index contributed by atoms with van der Waals surface area (Å²) in [6, 6.07) is 21.1. The van der Waals surface area contributed by atoms with Gasteiger partial charge in [0.25, 0.3) is 0 Å². The van der Waals surface area contributed by atoms with Crippen LogP contribution in [0, 0.1) is 0 Å². The van der Waals surface area contributed by atoms with Crippen molar-refractivity contribution in [2.24, 2.45) is 0 Å². The predicted octanol–water partition coefficient (Wildman–Crippen LogP) is 4.51. The number of halogens is 1. The lowest BCUT2D eigenvalue weighted by molar-refractivity contribution is -0.111. The SMILES string of the molecule is COc1ccccc1N1CCN(S(=O)(=O)c2ccc(NC(=O)/C=C/c3ccccc3Cl)cc2)CC1. The van der Waals surface area contributed by atoms with Gasteiger partial charge in [-0.15, -0.1) is 0 Å². The van der Waals surface area contributed by atoms with Crippen LogP contribution < -0.4 is 15.0 Å². The highest BCUT2D eigenvalue weighted by molar-refractivity contribution is 7.89. The molecule has 1 aliphatic rings. The number of ether oxygens (including phenoxy) is 1. The topological polar surface area (TPSA) is 79.0 Å². The highest BCUT2D eigenvalue weighted by atomic mass is 35.5. The van der Waals surface area contributed by atoms with E-state index in [0.717, 1.165) is 17.0 Å². The first-order chi connectivity index (χ1) is 16.9. The average Bonchev–Trinajstić information content (AvgIpc) is 2.88. The Morgan fingerprint density at radius 1 is 0.943 bits per heavy atom. The first-order valence-corrected chi connectivity index (χ1v) is 12.9. The van der Waals surface area contributed by atoms with Crippen LogP contribution in [-0.2, 0) is 14.8 Å². The molecule has 0 saturated carbocycles. The molecule has 1 heterocycles. The molecule has 182 valence electrons. The molecular formula is C26H26ClN3O4S. The van der Waals surface area contributed by atoms with Crippen molar-refractivity contribution in [3.05, 3.63) is 89.5 Å². The molecule has 1 amide bonds. The Labute approximate surface area is 210 Å². The van der Waals surface area contributed by atoms with Crippen LogP contribution in [-0.4, -0.2) is 51.9 Å². The molecule has 0 bridgehead atoms. The minimum absolute atomic E-state index is 0.188. The van der Waals surface area contributed by atoms with E-state index in [9.17, 15) is 13.2 Å². The summed E-state index contributed by atoms with van der Waals surface area (Å²) in [5, 5.41) is 3.28. The predicted molar refractivity (Wildman–Crippen MR) is 140 cm³/mol. The van der Waals surface area contributed by atoms with Crippen LogP contribution in [0.15, 0.2) is 83.8 Å². The number of nitrogens with zero attached hydrogens (tertiary/aromatic N) is 2. The van der Waals surface area contributed by atoms with Crippen LogP contribution in [0.4, 0.5) is 11.4 Å². The van der Waals surface area contributed by atoms with Gasteiger partial charge in [0.1, 0.15) is 5.75 Å². The molecule has 0 atom stereocenters. The molecule has 1 aliphatic heterocycles. The lowest BCUT2D eigenvalue weighted by Crippen LogP contribution is -2.48. The van der Waals surface area contributed by atoms with E-state index in [1.807, 2.05) is 42.5 Å². The Hall–Kier alpha value is -3.33. The lowest BCUT2D eigenvalue weighted by atomic mass is 10.2. The van der Waals surface area contributed by atoms with Gasteiger partial charge in [-0.1, -0.05) is 41.9 Å². The van der Waals surface area contributed by atoms with Crippen LogP contribution in [0.5, 0.6) is 5.75 Å². The van der Waals surface area contributed by atoms with E-state index >= 15 is 0 Å². The number of nitrogens with one attached hydrogen (secondary N) is 1. The Kier molecular flexibility index (Phi) is 7.75. The van der Waals surface area contributed by atoms with Gasteiger partial charge in [-0.05, 0) is 54.1 Å². The second-order valence-corrected chi connectivity index (χ2v) is 10.3. The zero-order chi connectivity index (χ0) is 24.8. The third-order valence-electron chi connectivity index (χ3n) is 5.74. The maximum Gasteiger partial charge on any atom is 0.248 e. The number of carbonyl (C=O) groups excluding carboxylic acids is 1. The number of sulfonamides is 1. The van der Waals surface area contributed by atoms with Gasteiger partial charge in [-0.2, -0.15) is 4.31 Å².